The molecule has 208 valence electrons. The van der Waals surface area contributed by atoms with Gasteiger partial charge in [-0.1, -0.05) is 30.3 Å². The van der Waals surface area contributed by atoms with E-state index in [1.54, 1.807) is 13.2 Å². The molecule has 5 rings (SSSR count). The van der Waals surface area contributed by atoms with Crippen LogP contribution >= 0.6 is 0 Å². The summed E-state index contributed by atoms with van der Waals surface area (Å²) >= 11 is 0. The molecule has 2 aliphatic rings. The Labute approximate surface area is 234 Å². The molecule has 3 aromatic carbocycles. The van der Waals surface area contributed by atoms with E-state index in [1.165, 1.54) is 0 Å². The summed E-state index contributed by atoms with van der Waals surface area (Å²) in [5, 5.41) is 6.34. The van der Waals surface area contributed by atoms with Crippen LogP contribution in [0, 0.1) is 0 Å². The summed E-state index contributed by atoms with van der Waals surface area (Å²) in [6, 6.07) is 22.2. The van der Waals surface area contributed by atoms with Gasteiger partial charge in [0.1, 0.15) is 5.75 Å². The number of methoxy groups -OCH3 is 1. The predicted molar refractivity (Wildman–Crippen MR) is 155 cm³/mol. The summed E-state index contributed by atoms with van der Waals surface area (Å²) in [4.78, 5) is 45.2. The second-order valence-electron chi connectivity index (χ2n) is 9.99. The Morgan fingerprint density at radius 2 is 1.43 bits per heavy atom. The van der Waals surface area contributed by atoms with Crippen LogP contribution in [-0.4, -0.2) is 87.0 Å². The van der Waals surface area contributed by atoms with Crippen molar-refractivity contribution in [1.82, 2.24) is 15.1 Å². The summed E-state index contributed by atoms with van der Waals surface area (Å²) in [6.45, 7) is 5.19. The summed E-state index contributed by atoms with van der Waals surface area (Å²) in [5.74, 6) is 0.536. The maximum absolute atomic E-state index is 13.2. The minimum Gasteiger partial charge on any atom is -0.497 e. The molecule has 9 nitrogen and oxygen atoms in total. The van der Waals surface area contributed by atoms with Crippen molar-refractivity contribution in [2.75, 3.05) is 69.7 Å². The zero-order chi connectivity index (χ0) is 27.9. The van der Waals surface area contributed by atoms with Crippen LogP contribution < -0.4 is 20.3 Å². The molecule has 0 atom stereocenters. The minimum atomic E-state index is -0.170. The molecular formula is C31H35N5O4. The number of amides is 3. The quantitative estimate of drug-likeness (QED) is 0.478. The highest BCUT2D eigenvalue weighted by molar-refractivity contribution is 6.00. The number of nitrogens with zero attached hydrogens (tertiary/aromatic N) is 3. The number of carbonyl (C=O) groups is 3. The van der Waals surface area contributed by atoms with E-state index < -0.39 is 0 Å². The zero-order valence-electron chi connectivity index (χ0n) is 22.8. The number of nitrogens with one attached hydrogen (secondary N) is 2. The SMILES string of the molecule is COc1ccc(CC(=O)Nc2cc(C(=O)N3CCNCC3)ccc2N2CCN(C(=O)c3ccccc3)CC2)cc1. The summed E-state index contributed by atoms with van der Waals surface area (Å²) < 4.78 is 5.22. The highest BCUT2D eigenvalue weighted by Gasteiger charge is 2.25. The maximum Gasteiger partial charge on any atom is 0.254 e. The van der Waals surface area contributed by atoms with Gasteiger partial charge in [-0.3, -0.25) is 14.4 Å². The molecule has 0 spiro atoms. The van der Waals surface area contributed by atoms with Gasteiger partial charge in [-0.25, -0.2) is 0 Å². The van der Waals surface area contributed by atoms with Crippen LogP contribution in [0.5, 0.6) is 5.75 Å². The third kappa shape index (κ3) is 6.43. The van der Waals surface area contributed by atoms with Gasteiger partial charge in [-0.05, 0) is 48.0 Å². The van der Waals surface area contributed by atoms with Crippen molar-refractivity contribution in [3.8, 4) is 5.75 Å². The van der Waals surface area contributed by atoms with Crippen molar-refractivity contribution >= 4 is 29.1 Å². The molecule has 2 aliphatic heterocycles. The molecule has 0 radical (unpaired) electrons. The second kappa shape index (κ2) is 12.7. The average molecular weight is 542 g/mol. The van der Waals surface area contributed by atoms with Crippen LogP contribution in [0.25, 0.3) is 0 Å². The Morgan fingerprint density at radius 3 is 2.10 bits per heavy atom. The molecule has 2 saturated heterocycles. The van der Waals surface area contributed by atoms with Gasteiger partial charge in [0.2, 0.25) is 5.91 Å². The van der Waals surface area contributed by atoms with E-state index in [1.807, 2.05) is 76.5 Å². The Kier molecular flexibility index (Phi) is 8.61. The lowest BCUT2D eigenvalue weighted by atomic mass is 10.1. The fourth-order valence-electron chi connectivity index (χ4n) is 5.13. The van der Waals surface area contributed by atoms with Gasteiger partial charge in [0.15, 0.2) is 0 Å². The van der Waals surface area contributed by atoms with Crippen LogP contribution in [0.3, 0.4) is 0 Å². The number of rotatable bonds is 7. The van der Waals surface area contributed by atoms with Gasteiger partial charge in [0.05, 0.1) is 24.9 Å². The molecule has 2 N–H and O–H groups in total. The number of hydrogen-bond donors (Lipinski definition) is 2. The number of benzene rings is 3. The maximum atomic E-state index is 13.2. The molecule has 0 saturated carbocycles. The van der Waals surface area contributed by atoms with Gasteiger partial charge in [0.25, 0.3) is 11.8 Å². The van der Waals surface area contributed by atoms with Crippen molar-refractivity contribution in [3.63, 3.8) is 0 Å². The molecule has 0 aromatic heterocycles. The van der Waals surface area contributed by atoms with Crippen molar-refractivity contribution in [2.24, 2.45) is 0 Å². The lowest BCUT2D eigenvalue weighted by molar-refractivity contribution is -0.115. The van der Waals surface area contributed by atoms with Crippen molar-refractivity contribution < 1.29 is 19.1 Å². The average Bonchev–Trinajstić information content (AvgIpc) is 3.01. The highest BCUT2D eigenvalue weighted by atomic mass is 16.5. The Hall–Kier alpha value is -4.37. The third-order valence-corrected chi connectivity index (χ3v) is 7.37. The fourth-order valence-corrected chi connectivity index (χ4v) is 5.13. The summed E-state index contributed by atoms with van der Waals surface area (Å²) in [6.07, 6.45) is 0.193. The standard InChI is InChI=1S/C31H35N5O4/c1-40-26-10-7-23(8-11-26)21-29(37)33-27-22-25(31(39)35-15-13-32-14-16-35)9-12-28(27)34-17-19-36(20-18-34)30(38)24-5-3-2-4-6-24/h2-12,22,32H,13-21H2,1H3,(H,33,37). The smallest absolute Gasteiger partial charge is 0.254 e. The predicted octanol–water partition coefficient (Wildman–Crippen LogP) is 2.88. The van der Waals surface area contributed by atoms with Crippen molar-refractivity contribution in [3.05, 3.63) is 89.5 Å². The van der Waals surface area contributed by atoms with Gasteiger partial charge < -0.3 is 30.1 Å². The highest BCUT2D eigenvalue weighted by Crippen LogP contribution is 2.30. The summed E-state index contributed by atoms with van der Waals surface area (Å²) in [5.41, 5.74) is 3.52. The Morgan fingerprint density at radius 1 is 0.775 bits per heavy atom. The van der Waals surface area contributed by atoms with Crippen LogP contribution in [0.15, 0.2) is 72.8 Å². The molecule has 9 heteroatoms. The van der Waals surface area contributed by atoms with Crippen molar-refractivity contribution in [1.29, 1.82) is 0 Å². The molecule has 2 fully saturated rings. The van der Waals surface area contributed by atoms with E-state index in [-0.39, 0.29) is 24.1 Å². The van der Waals surface area contributed by atoms with Gasteiger partial charge >= 0.3 is 0 Å². The lowest BCUT2D eigenvalue weighted by Gasteiger charge is -2.37. The molecule has 0 unspecified atom stereocenters. The number of hydrogen-bond acceptors (Lipinski definition) is 6. The molecule has 3 amide bonds. The van der Waals surface area contributed by atoms with Gasteiger partial charge in [-0.2, -0.15) is 0 Å². The zero-order valence-corrected chi connectivity index (χ0v) is 22.8. The molecule has 40 heavy (non-hydrogen) atoms. The second-order valence-corrected chi connectivity index (χ2v) is 9.99. The first-order valence-electron chi connectivity index (χ1n) is 13.7. The molecular weight excluding hydrogens is 506 g/mol. The number of ether oxygens (including phenoxy) is 1. The molecule has 3 aromatic rings. The van der Waals surface area contributed by atoms with E-state index in [0.29, 0.717) is 56.1 Å². The summed E-state index contributed by atoms with van der Waals surface area (Å²) in [7, 11) is 1.61. The third-order valence-electron chi connectivity index (χ3n) is 7.37. The van der Waals surface area contributed by atoms with Gasteiger partial charge in [-0.15, -0.1) is 0 Å². The monoisotopic (exact) mass is 541 g/mol. The molecule has 0 aliphatic carbocycles. The molecule has 2 heterocycles. The number of piperazine rings is 2. The number of carbonyl (C=O) groups excluding carboxylic acids is 3. The van der Waals surface area contributed by atoms with E-state index in [9.17, 15) is 14.4 Å². The largest absolute Gasteiger partial charge is 0.497 e. The minimum absolute atomic E-state index is 0.0187. The molecule has 0 bridgehead atoms. The Balaban J connectivity index is 1.33. The van der Waals surface area contributed by atoms with Crippen LogP contribution in [-0.2, 0) is 11.2 Å². The van der Waals surface area contributed by atoms with E-state index >= 15 is 0 Å². The van der Waals surface area contributed by atoms with E-state index in [2.05, 4.69) is 15.5 Å². The van der Waals surface area contributed by atoms with Crippen LogP contribution in [0.1, 0.15) is 26.3 Å². The lowest BCUT2D eigenvalue weighted by Crippen LogP contribution is -2.49. The van der Waals surface area contributed by atoms with E-state index in [4.69, 9.17) is 4.74 Å². The normalized spacial score (nSPS) is 15.5. The van der Waals surface area contributed by atoms with E-state index in [0.717, 1.165) is 30.1 Å². The first kappa shape index (κ1) is 27.2. The fraction of sp³-hybridized carbons (Fsp3) is 0.323. The topological polar surface area (TPSA) is 94.2 Å². The van der Waals surface area contributed by atoms with Crippen LogP contribution in [0.4, 0.5) is 11.4 Å². The Bertz CT molecular complexity index is 1330. The first-order valence-corrected chi connectivity index (χ1v) is 13.7. The number of anilines is 2. The van der Waals surface area contributed by atoms with Crippen LogP contribution in [0.2, 0.25) is 0 Å². The van der Waals surface area contributed by atoms with Gasteiger partial charge in [0, 0.05) is 63.5 Å². The van der Waals surface area contributed by atoms with Crippen molar-refractivity contribution in [2.45, 2.75) is 6.42 Å². The first-order chi connectivity index (χ1) is 19.5.